The van der Waals surface area contributed by atoms with Crippen molar-refractivity contribution in [3.05, 3.63) is 0 Å². The fourth-order valence-electron chi connectivity index (χ4n) is 2.64. The van der Waals surface area contributed by atoms with Gasteiger partial charge in [0.15, 0.2) is 0 Å². The Hall–Kier alpha value is -0.610. The highest BCUT2D eigenvalue weighted by Gasteiger charge is 2.32. The molecule has 2 rings (SSSR count). The second-order valence-corrected chi connectivity index (χ2v) is 6.38. The molecule has 1 aliphatic heterocycles. The van der Waals surface area contributed by atoms with Crippen LogP contribution in [0, 0.1) is 5.92 Å². The third-order valence-electron chi connectivity index (χ3n) is 4.05. The van der Waals surface area contributed by atoms with Gasteiger partial charge < -0.3 is 10.2 Å². The molecule has 0 radical (unpaired) electrons. The van der Waals surface area contributed by atoms with E-state index >= 15 is 0 Å². The summed E-state index contributed by atoms with van der Waals surface area (Å²) in [4.78, 5) is 16.9. The molecule has 1 saturated heterocycles. The van der Waals surface area contributed by atoms with Crippen LogP contribution in [-0.2, 0) is 4.79 Å². The number of hydrogen-bond donors (Lipinski definition) is 1. The van der Waals surface area contributed by atoms with Crippen LogP contribution in [-0.4, -0.2) is 61.0 Å². The van der Waals surface area contributed by atoms with Gasteiger partial charge in [0, 0.05) is 25.7 Å². The fraction of sp³-hybridized carbons (Fsp3) is 0.933. The molecule has 1 heterocycles. The molecule has 4 heteroatoms. The molecule has 2 aliphatic rings. The van der Waals surface area contributed by atoms with Crippen molar-refractivity contribution in [3.8, 4) is 0 Å². The lowest BCUT2D eigenvalue weighted by molar-refractivity contribution is -0.133. The molecule has 0 unspecified atom stereocenters. The van der Waals surface area contributed by atoms with Crippen molar-refractivity contribution in [2.45, 2.75) is 45.6 Å². The first-order chi connectivity index (χ1) is 9.16. The van der Waals surface area contributed by atoms with E-state index in [0.29, 0.717) is 24.4 Å². The van der Waals surface area contributed by atoms with E-state index in [0.717, 1.165) is 45.6 Å². The van der Waals surface area contributed by atoms with E-state index in [1.165, 1.54) is 12.8 Å². The van der Waals surface area contributed by atoms with Crippen LogP contribution in [0.15, 0.2) is 0 Å². The molecule has 1 aliphatic carbocycles. The summed E-state index contributed by atoms with van der Waals surface area (Å²) in [5.41, 5.74) is 0. The minimum atomic E-state index is 0.352. The molecule has 1 saturated carbocycles. The summed E-state index contributed by atoms with van der Waals surface area (Å²) in [5.74, 6) is 1.03. The summed E-state index contributed by atoms with van der Waals surface area (Å²) in [5, 5.41) is 3.39. The molecular weight excluding hydrogens is 238 g/mol. The summed E-state index contributed by atoms with van der Waals surface area (Å²) >= 11 is 0. The van der Waals surface area contributed by atoms with Gasteiger partial charge in [-0.3, -0.25) is 9.69 Å². The van der Waals surface area contributed by atoms with Crippen molar-refractivity contribution in [1.29, 1.82) is 0 Å². The largest absolute Gasteiger partial charge is 0.339 e. The van der Waals surface area contributed by atoms with Crippen molar-refractivity contribution < 1.29 is 4.79 Å². The summed E-state index contributed by atoms with van der Waals surface area (Å²) < 4.78 is 0. The number of hydrogen-bond acceptors (Lipinski definition) is 3. The van der Waals surface area contributed by atoms with Crippen LogP contribution in [0.2, 0.25) is 0 Å². The van der Waals surface area contributed by atoms with Gasteiger partial charge in [0.1, 0.15) is 0 Å². The highest BCUT2D eigenvalue weighted by atomic mass is 16.2. The van der Waals surface area contributed by atoms with Crippen molar-refractivity contribution in [2.24, 2.45) is 5.92 Å². The van der Waals surface area contributed by atoms with Crippen LogP contribution in [0.3, 0.4) is 0 Å². The molecule has 4 nitrogen and oxygen atoms in total. The van der Waals surface area contributed by atoms with Crippen LogP contribution in [0.5, 0.6) is 0 Å². The number of amides is 1. The van der Waals surface area contributed by atoms with Crippen molar-refractivity contribution in [3.63, 3.8) is 0 Å². The molecule has 0 aromatic rings. The van der Waals surface area contributed by atoms with Gasteiger partial charge in [-0.15, -0.1) is 0 Å². The Morgan fingerprint density at radius 2 is 2.11 bits per heavy atom. The molecule has 1 amide bonds. The van der Waals surface area contributed by atoms with Gasteiger partial charge in [0.2, 0.25) is 5.91 Å². The molecule has 1 N–H and O–H groups in total. The van der Waals surface area contributed by atoms with E-state index < -0.39 is 0 Å². The SMILES string of the molecule is CC(C)CCN(C(=O)CN1CCCNCC1)C1CC1. The summed E-state index contributed by atoms with van der Waals surface area (Å²) in [6.07, 6.45) is 4.71. The molecule has 110 valence electrons. The maximum atomic E-state index is 12.5. The molecule has 0 aromatic carbocycles. The quantitative estimate of drug-likeness (QED) is 0.788. The predicted octanol–water partition coefficient (Wildman–Crippen LogP) is 1.32. The summed E-state index contributed by atoms with van der Waals surface area (Å²) in [7, 11) is 0. The molecule has 0 bridgehead atoms. The molecule has 19 heavy (non-hydrogen) atoms. The first-order valence-electron chi connectivity index (χ1n) is 7.89. The maximum absolute atomic E-state index is 12.5. The van der Waals surface area contributed by atoms with E-state index in [1.54, 1.807) is 0 Å². The van der Waals surface area contributed by atoms with Crippen molar-refractivity contribution in [1.82, 2.24) is 15.1 Å². The fourth-order valence-corrected chi connectivity index (χ4v) is 2.64. The minimum absolute atomic E-state index is 0.352. The van der Waals surface area contributed by atoms with Crippen LogP contribution in [0.1, 0.15) is 39.5 Å². The van der Waals surface area contributed by atoms with Gasteiger partial charge >= 0.3 is 0 Å². The molecule has 2 fully saturated rings. The van der Waals surface area contributed by atoms with E-state index in [1.807, 2.05) is 0 Å². The molecule has 0 atom stereocenters. The Morgan fingerprint density at radius 3 is 2.79 bits per heavy atom. The van der Waals surface area contributed by atoms with Gasteiger partial charge in [-0.1, -0.05) is 13.8 Å². The van der Waals surface area contributed by atoms with Gasteiger partial charge in [-0.05, 0) is 44.7 Å². The highest BCUT2D eigenvalue weighted by molar-refractivity contribution is 5.79. The number of carbonyl (C=O) groups is 1. The zero-order valence-corrected chi connectivity index (χ0v) is 12.5. The van der Waals surface area contributed by atoms with Gasteiger partial charge in [-0.2, -0.15) is 0 Å². The lowest BCUT2D eigenvalue weighted by Gasteiger charge is -2.27. The first kappa shape index (κ1) is 14.8. The third-order valence-corrected chi connectivity index (χ3v) is 4.05. The summed E-state index contributed by atoms with van der Waals surface area (Å²) in [6, 6.07) is 0.552. The topological polar surface area (TPSA) is 35.6 Å². The summed E-state index contributed by atoms with van der Waals surface area (Å²) in [6.45, 7) is 10.2. The van der Waals surface area contributed by atoms with E-state index in [-0.39, 0.29) is 0 Å². The van der Waals surface area contributed by atoms with Gasteiger partial charge in [0.25, 0.3) is 0 Å². The second kappa shape index (κ2) is 7.25. The molecule has 0 aromatic heterocycles. The minimum Gasteiger partial charge on any atom is -0.339 e. The molecular formula is C15H29N3O. The first-order valence-corrected chi connectivity index (χ1v) is 7.89. The number of nitrogens with zero attached hydrogens (tertiary/aromatic N) is 2. The lowest BCUT2D eigenvalue weighted by Crippen LogP contribution is -2.43. The monoisotopic (exact) mass is 267 g/mol. The van der Waals surface area contributed by atoms with E-state index in [2.05, 4.69) is 29.0 Å². The number of rotatable bonds is 6. The van der Waals surface area contributed by atoms with Gasteiger partial charge in [-0.25, -0.2) is 0 Å². The van der Waals surface area contributed by atoms with E-state index in [9.17, 15) is 4.79 Å². The Morgan fingerprint density at radius 1 is 1.32 bits per heavy atom. The van der Waals surface area contributed by atoms with Crippen LogP contribution in [0.25, 0.3) is 0 Å². The number of nitrogens with one attached hydrogen (secondary N) is 1. The molecule has 0 spiro atoms. The smallest absolute Gasteiger partial charge is 0.236 e. The standard InChI is InChI=1S/C15H29N3O/c1-13(2)6-10-18(14-4-5-14)15(19)12-17-9-3-7-16-8-11-17/h13-14,16H,3-12H2,1-2H3. The third kappa shape index (κ3) is 5.11. The highest BCUT2D eigenvalue weighted by Crippen LogP contribution is 2.27. The maximum Gasteiger partial charge on any atom is 0.236 e. The van der Waals surface area contributed by atoms with Crippen molar-refractivity contribution >= 4 is 5.91 Å². The second-order valence-electron chi connectivity index (χ2n) is 6.38. The Labute approximate surface area is 117 Å². The van der Waals surface area contributed by atoms with Crippen LogP contribution >= 0.6 is 0 Å². The van der Waals surface area contributed by atoms with Gasteiger partial charge in [0.05, 0.1) is 6.54 Å². The zero-order valence-electron chi connectivity index (χ0n) is 12.5. The average molecular weight is 267 g/mol. The predicted molar refractivity (Wildman–Crippen MR) is 78.1 cm³/mol. The lowest BCUT2D eigenvalue weighted by atomic mass is 10.1. The van der Waals surface area contributed by atoms with Crippen LogP contribution < -0.4 is 5.32 Å². The normalized spacial score (nSPS) is 21.4. The number of carbonyl (C=O) groups excluding carboxylic acids is 1. The Balaban J connectivity index is 1.80. The zero-order chi connectivity index (χ0) is 13.7. The Kier molecular flexibility index (Phi) is 5.64. The Bertz CT molecular complexity index is 281. The van der Waals surface area contributed by atoms with Crippen molar-refractivity contribution in [2.75, 3.05) is 39.3 Å². The van der Waals surface area contributed by atoms with E-state index in [4.69, 9.17) is 0 Å². The average Bonchev–Trinajstić information content (AvgIpc) is 3.16. The van der Waals surface area contributed by atoms with Crippen LogP contribution in [0.4, 0.5) is 0 Å².